The van der Waals surface area contributed by atoms with E-state index in [4.69, 9.17) is 11.6 Å². The van der Waals surface area contributed by atoms with E-state index >= 15 is 0 Å². The molecule has 0 fully saturated rings. The van der Waals surface area contributed by atoms with E-state index in [2.05, 4.69) is 75.2 Å². The van der Waals surface area contributed by atoms with Crippen LogP contribution in [0.2, 0.25) is 5.02 Å². The number of carbonyl (C=O) groups excluding carboxylic acids is 1. The molecule has 0 unspecified atom stereocenters. The number of benzene rings is 3. The van der Waals surface area contributed by atoms with Crippen molar-refractivity contribution in [3.63, 3.8) is 0 Å². The molecule has 0 saturated carbocycles. The normalized spacial score (nSPS) is 10.9. The molecule has 0 radical (unpaired) electrons. The number of para-hydroxylation sites is 1. The summed E-state index contributed by atoms with van der Waals surface area (Å²) in [6, 6.07) is 29.8. The lowest BCUT2D eigenvalue weighted by Crippen LogP contribution is -2.28. The fourth-order valence-corrected chi connectivity index (χ4v) is 4.99. The lowest BCUT2D eigenvalue weighted by Gasteiger charge is -2.12. The van der Waals surface area contributed by atoms with Gasteiger partial charge in [-0.25, -0.2) is 4.79 Å². The van der Waals surface area contributed by atoms with Crippen LogP contribution in [0, 0.1) is 0 Å². The van der Waals surface area contributed by atoms with E-state index in [1.165, 1.54) is 10.4 Å². The highest BCUT2D eigenvalue weighted by Crippen LogP contribution is 2.36. The Hall–Kier alpha value is -3.54. The maximum absolute atomic E-state index is 12.6. The first-order chi connectivity index (χ1) is 16.2. The summed E-state index contributed by atoms with van der Waals surface area (Å²) in [5.74, 6) is 0. The molecule has 5 rings (SSSR count). The molecule has 164 valence electrons. The highest BCUT2D eigenvalue weighted by Gasteiger charge is 2.20. The first-order valence-electron chi connectivity index (χ1n) is 10.7. The number of carbonyl (C=O) groups is 1. The molecule has 0 atom stereocenters. The molecule has 0 aliphatic rings. The summed E-state index contributed by atoms with van der Waals surface area (Å²) >= 11 is 7.65. The van der Waals surface area contributed by atoms with Gasteiger partial charge in [0, 0.05) is 40.3 Å². The van der Waals surface area contributed by atoms with Crippen molar-refractivity contribution in [3.05, 3.63) is 113 Å². The summed E-state index contributed by atoms with van der Waals surface area (Å²) in [5.41, 5.74) is 5.33. The number of nitrogens with one attached hydrogen (secondary N) is 2. The Bertz CT molecular complexity index is 1380. The van der Waals surface area contributed by atoms with Gasteiger partial charge in [0.05, 0.1) is 10.6 Å². The van der Waals surface area contributed by atoms with Crippen molar-refractivity contribution >= 4 is 45.6 Å². The zero-order valence-electron chi connectivity index (χ0n) is 17.8. The molecule has 0 aliphatic carbocycles. The summed E-state index contributed by atoms with van der Waals surface area (Å²) in [6.07, 6.45) is 0. The first kappa shape index (κ1) is 21.3. The zero-order chi connectivity index (χ0) is 22.6. The highest BCUT2D eigenvalue weighted by molar-refractivity contribution is 7.13. The molecule has 2 N–H and O–H groups in total. The van der Waals surface area contributed by atoms with Gasteiger partial charge in [-0.05, 0) is 47.3 Å². The molecule has 6 heteroatoms. The number of hydrogen-bond donors (Lipinski definition) is 2. The molecule has 4 nitrogen and oxygen atoms in total. The average molecular weight is 472 g/mol. The quantitative estimate of drug-likeness (QED) is 0.266. The van der Waals surface area contributed by atoms with E-state index in [9.17, 15) is 4.79 Å². The molecular formula is C27H22ClN3OS. The van der Waals surface area contributed by atoms with Gasteiger partial charge in [-0.1, -0.05) is 66.2 Å². The second-order valence-electron chi connectivity index (χ2n) is 7.71. The highest BCUT2D eigenvalue weighted by atomic mass is 35.5. The van der Waals surface area contributed by atoms with E-state index in [0.717, 1.165) is 28.7 Å². The Kier molecular flexibility index (Phi) is 6.15. The second kappa shape index (κ2) is 9.53. The van der Waals surface area contributed by atoms with E-state index in [0.29, 0.717) is 17.3 Å². The molecule has 5 aromatic rings. The van der Waals surface area contributed by atoms with Crippen LogP contribution in [-0.4, -0.2) is 10.6 Å². The molecule has 0 spiro atoms. The van der Waals surface area contributed by atoms with E-state index in [-0.39, 0.29) is 6.03 Å². The summed E-state index contributed by atoms with van der Waals surface area (Å²) in [5, 5.41) is 9.78. The van der Waals surface area contributed by atoms with Crippen molar-refractivity contribution < 1.29 is 4.79 Å². The fourth-order valence-electron chi connectivity index (χ4n) is 4.06. The van der Waals surface area contributed by atoms with Crippen LogP contribution in [-0.2, 0) is 13.1 Å². The SMILES string of the molecule is O=C(NCc1c(-c2cccs2)n(Cc2ccccc2)c2ccccc12)Nc1ccc(Cl)cc1. The zero-order valence-corrected chi connectivity index (χ0v) is 19.4. The third kappa shape index (κ3) is 4.65. The Morgan fingerprint density at radius 2 is 1.64 bits per heavy atom. The van der Waals surface area contributed by atoms with Gasteiger partial charge in [0.2, 0.25) is 0 Å². The number of amides is 2. The Labute approximate surface area is 201 Å². The number of nitrogens with zero attached hydrogens (tertiary/aromatic N) is 1. The Morgan fingerprint density at radius 3 is 2.39 bits per heavy atom. The van der Waals surface area contributed by atoms with Crippen LogP contribution >= 0.6 is 22.9 Å². The van der Waals surface area contributed by atoms with Gasteiger partial charge in [0.25, 0.3) is 0 Å². The number of thiophene rings is 1. The number of urea groups is 1. The topological polar surface area (TPSA) is 46.1 Å². The molecule has 0 aliphatic heterocycles. The van der Waals surface area contributed by atoms with E-state index in [1.54, 1.807) is 35.6 Å². The average Bonchev–Trinajstić information content (AvgIpc) is 3.47. The maximum Gasteiger partial charge on any atom is 0.319 e. The minimum atomic E-state index is -0.255. The van der Waals surface area contributed by atoms with Crippen molar-refractivity contribution in [2.75, 3.05) is 5.32 Å². The largest absolute Gasteiger partial charge is 0.335 e. The van der Waals surface area contributed by atoms with Gasteiger partial charge < -0.3 is 15.2 Å². The first-order valence-corrected chi connectivity index (χ1v) is 11.9. The van der Waals surface area contributed by atoms with E-state index in [1.807, 2.05) is 12.1 Å². The third-order valence-corrected chi connectivity index (χ3v) is 6.67. The van der Waals surface area contributed by atoms with Crippen LogP contribution in [0.3, 0.4) is 0 Å². The number of fused-ring (bicyclic) bond motifs is 1. The van der Waals surface area contributed by atoms with Crippen molar-refractivity contribution in [3.8, 4) is 10.6 Å². The molecule has 2 aromatic heterocycles. The van der Waals surface area contributed by atoms with Crippen LogP contribution in [0.1, 0.15) is 11.1 Å². The number of aromatic nitrogens is 1. The van der Waals surface area contributed by atoms with Crippen LogP contribution in [0.25, 0.3) is 21.5 Å². The molecule has 0 bridgehead atoms. The lowest BCUT2D eigenvalue weighted by molar-refractivity contribution is 0.252. The molecular weight excluding hydrogens is 450 g/mol. The molecule has 0 saturated heterocycles. The van der Waals surface area contributed by atoms with Crippen LogP contribution in [0.4, 0.5) is 10.5 Å². The van der Waals surface area contributed by atoms with Crippen LogP contribution in [0.5, 0.6) is 0 Å². The summed E-state index contributed by atoms with van der Waals surface area (Å²) in [7, 11) is 0. The predicted molar refractivity (Wildman–Crippen MR) is 138 cm³/mol. The third-order valence-electron chi connectivity index (χ3n) is 5.54. The summed E-state index contributed by atoms with van der Waals surface area (Å²) in [4.78, 5) is 13.8. The van der Waals surface area contributed by atoms with Gasteiger partial charge >= 0.3 is 6.03 Å². The molecule has 2 amide bonds. The van der Waals surface area contributed by atoms with Crippen molar-refractivity contribution in [1.29, 1.82) is 0 Å². The van der Waals surface area contributed by atoms with Crippen molar-refractivity contribution in [1.82, 2.24) is 9.88 Å². The van der Waals surface area contributed by atoms with E-state index < -0.39 is 0 Å². The fraction of sp³-hybridized carbons (Fsp3) is 0.0741. The molecule has 2 heterocycles. The Balaban J connectivity index is 1.50. The van der Waals surface area contributed by atoms with Crippen LogP contribution < -0.4 is 10.6 Å². The lowest BCUT2D eigenvalue weighted by atomic mass is 10.1. The predicted octanol–water partition coefficient (Wildman–Crippen LogP) is 7.39. The Morgan fingerprint density at radius 1 is 0.879 bits per heavy atom. The molecule has 33 heavy (non-hydrogen) atoms. The number of hydrogen-bond acceptors (Lipinski definition) is 2. The minimum Gasteiger partial charge on any atom is -0.335 e. The number of rotatable bonds is 6. The molecule has 3 aromatic carbocycles. The van der Waals surface area contributed by atoms with Gasteiger partial charge in [-0.3, -0.25) is 0 Å². The van der Waals surface area contributed by atoms with Gasteiger partial charge in [0.1, 0.15) is 0 Å². The number of halogens is 1. The van der Waals surface area contributed by atoms with Gasteiger partial charge in [-0.15, -0.1) is 11.3 Å². The number of anilines is 1. The second-order valence-corrected chi connectivity index (χ2v) is 9.09. The van der Waals surface area contributed by atoms with Gasteiger partial charge in [-0.2, -0.15) is 0 Å². The standard InChI is InChI=1S/C27H22ClN3OS/c28-20-12-14-21(15-13-20)30-27(32)29-17-23-22-9-4-5-10-24(22)31(18-19-7-2-1-3-8-19)26(23)25-11-6-16-33-25/h1-16H,17-18H2,(H2,29,30,32). The van der Waals surface area contributed by atoms with Crippen molar-refractivity contribution in [2.24, 2.45) is 0 Å². The van der Waals surface area contributed by atoms with Crippen LogP contribution in [0.15, 0.2) is 96.4 Å². The van der Waals surface area contributed by atoms with Gasteiger partial charge in [0.15, 0.2) is 0 Å². The smallest absolute Gasteiger partial charge is 0.319 e. The maximum atomic E-state index is 12.6. The van der Waals surface area contributed by atoms with Crippen molar-refractivity contribution in [2.45, 2.75) is 13.1 Å². The monoisotopic (exact) mass is 471 g/mol. The summed E-state index contributed by atoms with van der Waals surface area (Å²) in [6.45, 7) is 1.17. The minimum absolute atomic E-state index is 0.255. The summed E-state index contributed by atoms with van der Waals surface area (Å²) < 4.78 is 2.35.